The van der Waals surface area contributed by atoms with E-state index >= 15 is 0 Å². The SMILES string of the molecule is CCCCNc1nccn1-c1ccc(CC)cc1. The van der Waals surface area contributed by atoms with Crippen LogP contribution in [0.3, 0.4) is 0 Å². The maximum Gasteiger partial charge on any atom is 0.207 e. The molecule has 0 radical (unpaired) electrons. The van der Waals surface area contributed by atoms with Crippen LogP contribution in [-0.4, -0.2) is 16.1 Å². The van der Waals surface area contributed by atoms with Crippen LogP contribution in [0.1, 0.15) is 32.3 Å². The summed E-state index contributed by atoms with van der Waals surface area (Å²) in [5.74, 6) is 0.924. The number of unbranched alkanes of at least 4 members (excludes halogenated alkanes) is 1. The number of anilines is 1. The van der Waals surface area contributed by atoms with Crippen LogP contribution in [0.5, 0.6) is 0 Å². The Morgan fingerprint density at radius 1 is 1.17 bits per heavy atom. The Bertz CT molecular complexity index is 471. The maximum absolute atomic E-state index is 4.36. The summed E-state index contributed by atoms with van der Waals surface area (Å²) in [6.45, 7) is 5.34. The Kier molecular flexibility index (Phi) is 4.40. The van der Waals surface area contributed by atoms with Gasteiger partial charge in [0.1, 0.15) is 0 Å². The molecule has 0 atom stereocenters. The number of aromatic nitrogens is 2. The van der Waals surface area contributed by atoms with Crippen LogP contribution in [-0.2, 0) is 6.42 Å². The molecule has 2 rings (SSSR count). The van der Waals surface area contributed by atoms with E-state index in [0.29, 0.717) is 0 Å². The van der Waals surface area contributed by atoms with Gasteiger partial charge < -0.3 is 5.32 Å². The first kappa shape index (κ1) is 12.7. The second-order valence-corrected chi connectivity index (χ2v) is 4.42. The van der Waals surface area contributed by atoms with Gasteiger partial charge in [0, 0.05) is 24.6 Å². The van der Waals surface area contributed by atoms with Crippen molar-refractivity contribution in [3.63, 3.8) is 0 Å². The fraction of sp³-hybridized carbons (Fsp3) is 0.400. The predicted octanol–water partition coefficient (Wildman–Crippen LogP) is 3.65. The van der Waals surface area contributed by atoms with Crippen LogP contribution in [0.15, 0.2) is 36.7 Å². The highest BCUT2D eigenvalue weighted by Gasteiger charge is 2.03. The van der Waals surface area contributed by atoms with E-state index in [4.69, 9.17) is 0 Å². The van der Waals surface area contributed by atoms with E-state index in [1.54, 1.807) is 0 Å². The van der Waals surface area contributed by atoms with Gasteiger partial charge in [0.25, 0.3) is 0 Å². The van der Waals surface area contributed by atoms with Crippen molar-refractivity contribution in [2.75, 3.05) is 11.9 Å². The lowest BCUT2D eigenvalue weighted by Gasteiger charge is -2.10. The molecular formula is C15H21N3. The topological polar surface area (TPSA) is 29.9 Å². The molecule has 1 N–H and O–H groups in total. The molecule has 3 nitrogen and oxygen atoms in total. The molecule has 0 fully saturated rings. The smallest absolute Gasteiger partial charge is 0.207 e. The van der Waals surface area contributed by atoms with E-state index in [1.807, 2.05) is 12.4 Å². The third-order valence-corrected chi connectivity index (χ3v) is 3.08. The Morgan fingerprint density at radius 2 is 1.94 bits per heavy atom. The van der Waals surface area contributed by atoms with E-state index in [1.165, 1.54) is 18.4 Å². The van der Waals surface area contributed by atoms with E-state index in [0.717, 1.165) is 24.6 Å². The van der Waals surface area contributed by atoms with E-state index in [-0.39, 0.29) is 0 Å². The van der Waals surface area contributed by atoms with Crippen molar-refractivity contribution in [1.82, 2.24) is 9.55 Å². The van der Waals surface area contributed by atoms with Crippen LogP contribution in [0.2, 0.25) is 0 Å². The van der Waals surface area contributed by atoms with Gasteiger partial charge in [0.2, 0.25) is 5.95 Å². The van der Waals surface area contributed by atoms with Gasteiger partial charge in [0.15, 0.2) is 0 Å². The molecule has 0 aliphatic heterocycles. The van der Waals surface area contributed by atoms with Crippen molar-refractivity contribution >= 4 is 5.95 Å². The molecule has 0 saturated heterocycles. The summed E-state index contributed by atoms with van der Waals surface area (Å²) in [5, 5.41) is 3.37. The third kappa shape index (κ3) is 2.92. The fourth-order valence-corrected chi connectivity index (χ4v) is 1.91. The summed E-state index contributed by atoms with van der Waals surface area (Å²) in [6.07, 6.45) is 7.27. The van der Waals surface area contributed by atoms with Gasteiger partial charge in [-0.3, -0.25) is 4.57 Å². The zero-order valence-electron chi connectivity index (χ0n) is 11.2. The zero-order chi connectivity index (χ0) is 12.8. The number of rotatable bonds is 6. The second kappa shape index (κ2) is 6.24. The summed E-state index contributed by atoms with van der Waals surface area (Å²) in [7, 11) is 0. The molecule has 96 valence electrons. The van der Waals surface area contributed by atoms with Crippen LogP contribution >= 0.6 is 0 Å². The van der Waals surface area contributed by atoms with Gasteiger partial charge in [-0.1, -0.05) is 32.4 Å². The number of hydrogen-bond acceptors (Lipinski definition) is 2. The molecular weight excluding hydrogens is 222 g/mol. The average molecular weight is 243 g/mol. The highest BCUT2D eigenvalue weighted by atomic mass is 15.2. The molecule has 1 aromatic heterocycles. The standard InChI is InChI=1S/C15H21N3/c1-3-5-10-16-15-17-11-12-18(15)14-8-6-13(4-2)7-9-14/h6-9,11-12H,3-5,10H2,1-2H3,(H,16,17). The van der Waals surface area contributed by atoms with E-state index in [2.05, 4.69) is 53.0 Å². The summed E-state index contributed by atoms with van der Waals surface area (Å²) in [5.41, 5.74) is 2.52. The first-order chi connectivity index (χ1) is 8.85. The van der Waals surface area contributed by atoms with Gasteiger partial charge in [0.05, 0.1) is 0 Å². The van der Waals surface area contributed by atoms with Crippen molar-refractivity contribution < 1.29 is 0 Å². The van der Waals surface area contributed by atoms with Crippen LogP contribution < -0.4 is 5.32 Å². The quantitative estimate of drug-likeness (QED) is 0.785. The summed E-state index contributed by atoms with van der Waals surface area (Å²) in [6, 6.07) is 8.63. The summed E-state index contributed by atoms with van der Waals surface area (Å²) in [4.78, 5) is 4.36. The Hall–Kier alpha value is -1.77. The molecule has 2 aromatic rings. The van der Waals surface area contributed by atoms with E-state index < -0.39 is 0 Å². The number of imidazole rings is 1. The Balaban J connectivity index is 2.14. The molecule has 0 aliphatic rings. The van der Waals surface area contributed by atoms with E-state index in [9.17, 15) is 0 Å². The lowest BCUT2D eigenvalue weighted by atomic mass is 10.1. The summed E-state index contributed by atoms with van der Waals surface area (Å²) >= 11 is 0. The lowest BCUT2D eigenvalue weighted by molar-refractivity contribution is 0.823. The molecule has 0 spiro atoms. The Morgan fingerprint density at radius 3 is 2.61 bits per heavy atom. The number of aryl methyl sites for hydroxylation is 1. The Labute approximate surface area is 109 Å². The minimum atomic E-state index is 0.924. The highest BCUT2D eigenvalue weighted by molar-refractivity contribution is 5.42. The van der Waals surface area contributed by atoms with Gasteiger partial charge >= 0.3 is 0 Å². The monoisotopic (exact) mass is 243 g/mol. The van der Waals surface area contributed by atoms with Crippen LogP contribution in [0.4, 0.5) is 5.95 Å². The van der Waals surface area contributed by atoms with Gasteiger partial charge in [-0.15, -0.1) is 0 Å². The summed E-state index contributed by atoms with van der Waals surface area (Å²) < 4.78 is 2.09. The lowest BCUT2D eigenvalue weighted by Crippen LogP contribution is -2.07. The van der Waals surface area contributed by atoms with Crippen molar-refractivity contribution in [2.45, 2.75) is 33.1 Å². The first-order valence-corrected chi connectivity index (χ1v) is 6.71. The van der Waals surface area contributed by atoms with Crippen molar-refractivity contribution in [3.05, 3.63) is 42.2 Å². The normalized spacial score (nSPS) is 10.6. The minimum Gasteiger partial charge on any atom is -0.355 e. The molecule has 1 heterocycles. The van der Waals surface area contributed by atoms with Crippen LogP contribution in [0.25, 0.3) is 5.69 Å². The first-order valence-electron chi connectivity index (χ1n) is 6.71. The number of hydrogen-bond donors (Lipinski definition) is 1. The zero-order valence-corrected chi connectivity index (χ0v) is 11.2. The third-order valence-electron chi connectivity index (χ3n) is 3.08. The largest absolute Gasteiger partial charge is 0.355 e. The highest BCUT2D eigenvalue weighted by Crippen LogP contribution is 2.15. The second-order valence-electron chi connectivity index (χ2n) is 4.42. The molecule has 1 aromatic carbocycles. The van der Waals surface area contributed by atoms with Gasteiger partial charge in [-0.2, -0.15) is 0 Å². The molecule has 0 aliphatic carbocycles. The number of benzene rings is 1. The maximum atomic E-state index is 4.36. The fourth-order valence-electron chi connectivity index (χ4n) is 1.91. The van der Waals surface area contributed by atoms with Gasteiger partial charge in [-0.25, -0.2) is 4.98 Å². The van der Waals surface area contributed by atoms with Crippen LogP contribution in [0, 0.1) is 0 Å². The molecule has 0 amide bonds. The molecule has 0 unspecified atom stereocenters. The molecule has 3 heteroatoms. The van der Waals surface area contributed by atoms with Crippen molar-refractivity contribution in [2.24, 2.45) is 0 Å². The number of nitrogens with zero attached hydrogens (tertiary/aromatic N) is 2. The van der Waals surface area contributed by atoms with Crippen molar-refractivity contribution in [3.8, 4) is 5.69 Å². The molecule has 18 heavy (non-hydrogen) atoms. The predicted molar refractivity (Wildman–Crippen MR) is 76.3 cm³/mol. The number of nitrogens with one attached hydrogen (secondary N) is 1. The minimum absolute atomic E-state index is 0.924. The average Bonchev–Trinajstić information content (AvgIpc) is 2.88. The molecule has 0 saturated carbocycles. The molecule has 0 bridgehead atoms. The van der Waals surface area contributed by atoms with Gasteiger partial charge in [-0.05, 0) is 30.5 Å². The van der Waals surface area contributed by atoms with Crippen molar-refractivity contribution in [1.29, 1.82) is 0 Å².